The van der Waals surface area contributed by atoms with E-state index in [0.717, 1.165) is 5.56 Å². The number of hydrogen-bond acceptors (Lipinski definition) is 5. The highest BCUT2D eigenvalue weighted by Gasteiger charge is 2.13. The fourth-order valence-corrected chi connectivity index (χ4v) is 2.88. The summed E-state index contributed by atoms with van der Waals surface area (Å²) < 4.78 is 11.1. The standard InChI is InChI=1S/C24H21ClN2O4/c1-3-30-22-14-17(15-26-27-23(28)20-7-5-4-6-16(20)2)8-13-21(22)31-24(29)18-9-11-19(25)12-10-18/h4-15H,3H2,1-2H3,(H,27,28)/b26-15-. The minimum Gasteiger partial charge on any atom is -0.490 e. The summed E-state index contributed by atoms with van der Waals surface area (Å²) in [6.07, 6.45) is 1.49. The lowest BCUT2D eigenvalue weighted by molar-refractivity contribution is 0.0728. The molecule has 0 spiro atoms. The van der Waals surface area contributed by atoms with Gasteiger partial charge in [-0.15, -0.1) is 0 Å². The number of ether oxygens (including phenoxy) is 2. The molecule has 0 saturated heterocycles. The zero-order valence-corrected chi connectivity index (χ0v) is 17.8. The first-order valence-corrected chi connectivity index (χ1v) is 9.99. The Balaban J connectivity index is 1.71. The van der Waals surface area contributed by atoms with E-state index in [9.17, 15) is 9.59 Å². The van der Waals surface area contributed by atoms with E-state index in [2.05, 4.69) is 10.5 Å². The van der Waals surface area contributed by atoms with Crippen LogP contribution >= 0.6 is 11.6 Å². The van der Waals surface area contributed by atoms with Crippen LogP contribution in [0.1, 0.15) is 38.8 Å². The quantitative estimate of drug-likeness (QED) is 0.244. The van der Waals surface area contributed by atoms with Gasteiger partial charge in [0.2, 0.25) is 0 Å². The van der Waals surface area contributed by atoms with Gasteiger partial charge in [0, 0.05) is 10.6 Å². The summed E-state index contributed by atoms with van der Waals surface area (Å²) in [4.78, 5) is 24.6. The van der Waals surface area contributed by atoms with Crippen LogP contribution in [-0.2, 0) is 0 Å². The maximum absolute atomic E-state index is 12.4. The van der Waals surface area contributed by atoms with Crippen molar-refractivity contribution in [2.45, 2.75) is 13.8 Å². The van der Waals surface area contributed by atoms with E-state index in [-0.39, 0.29) is 11.7 Å². The molecule has 0 unspecified atom stereocenters. The van der Waals surface area contributed by atoms with E-state index in [0.29, 0.717) is 34.1 Å². The highest BCUT2D eigenvalue weighted by atomic mass is 35.5. The van der Waals surface area contributed by atoms with E-state index in [4.69, 9.17) is 21.1 Å². The lowest BCUT2D eigenvalue weighted by Crippen LogP contribution is -2.18. The number of esters is 1. The van der Waals surface area contributed by atoms with Crippen LogP contribution in [0.25, 0.3) is 0 Å². The van der Waals surface area contributed by atoms with Gasteiger partial charge in [-0.25, -0.2) is 10.2 Å². The van der Waals surface area contributed by atoms with Gasteiger partial charge in [0.05, 0.1) is 18.4 Å². The summed E-state index contributed by atoms with van der Waals surface area (Å²) in [5.41, 5.74) is 4.96. The summed E-state index contributed by atoms with van der Waals surface area (Å²) in [5, 5.41) is 4.54. The molecule has 0 heterocycles. The highest BCUT2D eigenvalue weighted by Crippen LogP contribution is 2.29. The molecular weight excluding hydrogens is 416 g/mol. The van der Waals surface area contributed by atoms with Crippen molar-refractivity contribution in [3.63, 3.8) is 0 Å². The molecule has 0 aromatic heterocycles. The van der Waals surface area contributed by atoms with Crippen molar-refractivity contribution < 1.29 is 19.1 Å². The molecule has 0 fully saturated rings. The number of nitrogens with zero attached hydrogens (tertiary/aromatic N) is 1. The molecule has 0 saturated carbocycles. The van der Waals surface area contributed by atoms with Gasteiger partial charge >= 0.3 is 5.97 Å². The number of nitrogens with one attached hydrogen (secondary N) is 1. The van der Waals surface area contributed by atoms with Crippen molar-refractivity contribution in [1.29, 1.82) is 0 Å². The van der Waals surface area contributed by atoms with E-state index in [1.165, 1.54) is 6.21 Å². The predicted octanol–water partition coefficient (Wildman–Crippen LogP) is 5.03. The van der Waals surface area contributed by atoms with Crippen LogP contribution in [-0.4, -0.2) is 24.7 Å². The highest BCUT2D eigenvalue weighted by molar-refractivity contribution is 6.30. The van der Waals surface area contributed by atoms with Crippen molar-refractivity contribution >= 4 is 29.7 Å². The Kier molecular flexibility index (Phi) is 7.40. The van der Waals surface area contributed by atoms with Crippen LogP contribution in [0.4, 0.5) is 0 Å². The molecule has 0 atom stereocenters. The third-order valence-electron chi connectivity index (χ3n) is 4.32. The summed E-state index contributed by atoms with van der Waals surface area (Å²) in [6.45, 7) is 4.07. The number of carbonyl (C=O) groups excluding carboxylic acids is 2. The van der Waals surface area contributed by atoms with E-state index >= 15 is 0 Å². The van der Waals surface area contributed by atoms with Gasteiger partial charge in [0.15, 0.2) is 11.5 Å². The number of hydrogen-bond donors (Lipinski definition) is 1. The van der Waals surface area contributed by atoms with Gasteiger partial charge in [-0.3, -0.25) is 4.79 Å². The molecular formula is C24H21ClN2O4. The minimum atomic E-state index is -0.524. The zero-order valence-electron chi connectivity index (χ0n) is 17.1. The average molecular weight is 437 g/mol. The van der Waals surface area contributed by atoms with Gasteiger partial charge in [0.1, 0.15) is 0 Å². The Morgan fingerprint density at radius 3 is 2.48 bits per heavy atom. The first-order chi connectivity index (χ1) is 15.0. The first-order valence-electron chi connectivity index (χ1n) is 9.61. The first kappa shape index (κ1) is 22.1. The fraction of sp³-hybridized carbons (Fsp3) is 0.125. The second-order valence-corrected chi connectivity index (χ2v) is 6.99. The summed E-state index contributed by atoms with van der Waals surface area (Å²) >= 11 is 5.85. The third-order valence-corrected chi connectivity index (χ3v) is 4.57. The molecule has 158 valence electrons. The Morgan fingerprint density at radius 1 is 1.03 bits per heavy atom. The second-order valence-electron chi connectivity index (χ2n) is 6.55. The molecule has 3 aromatic rings. The smallest absolute Gasteiger partial charge is 0.343 e. The molecule has 0 bridgehead atoms. The molecule has 0 aliphatic rings. The Bertz CT molecular complexity index is 1110. The monoisotopic (exact) mass is 436 g/mol. The maximum Gasteiger partial charge on any atom is 0.343 e. The number of hydrazone groups is 1. The zero-order chi connectivity index (χ0) is 22.2. The number of amides is 1. The summed E-state index contributed by atoms with van der Waals surface area (Å²) in [6, 6.07) is 18.7. The lowest BCUT2D eigenvalue weighted by Gasteiger charge is -2.11. The van der Waals surface area contributed by atoms with Crippen molar-refractivity contribution in [3.05, 3.63) is 94.0 Å². The Hall–Kier alpha value is -3.64. The molecule has 0 aliphatic heterocycles. The topological polar surface area (TPSA) is 77.0 Å². The van der Waals surface area contributed by atoms with Gasteiger partial charge in [-0.2, -0.15) is 5.10 Å². The Morgan fingerprint density at radius 2 is 1.77 bits per heavy atom. The maximum atomic E-state index is 12.4. The van der Waals surface area contributed by atoms with E-state index in [1.54, 1.807) is 54.6 Å². The van der Waals surface area contributed by atoms with Crippen molar-refractivity contribution in [2.75, 3.05) is 6.61 Å². The lowest BCUT2D eigenvalue weighted by atomic mass is 10.1. The van der Waals surface area contributed by atoms with Crippen LogP contribution in [0.2, 0.25) is 5.02 Å². The number of halogens is 1. The van der Waals surface area contributed by atoms with E-state index < -0.39 is 5.97 Å². The normalized spacial score (nSPS) is 10.7. The second kappa shape index (κ2) is 10.4. The predicted molar refractivity (Wildman–Crippen MR) is 120 cm³/mol. The van der Waals surface area contributed by atoms with Crippen LogP contribution in [0.5, 0.6) is 11.5 Å². The van der Waals surface area contributed by atoms with Crippen molar-refractivity contribution in [2.24, 2.45) is 5.10 Å². The van der Waals surface area contributed by atoms with Crippen LogP contribution in [0.3, 0.4) is 0 Å². The average Bonchev–Trinajstić information content (AvgIpc) is 2.76. The van der Waals surface area contributed by atoms with E-state index in [1.807, 2.05) is 26.0 Å². The molecule has 0 aliphatic carbocycles. The van der Waals surface area contributed by atoms with Gasteiger partial charge in [-0.1, -0.05) is 29.8 Å². The largest absolute Gasteiger partial charge is 0.490 e. The van der Waals surface area contributed by atoms with Crippen LogP contribution in [0.15, 0.2) is 71.8 Å². The fourth-order valence-electron chi connectivity index (χ4n) is 2.76. The molecule has 31 heavy (non-hydrogen) atoms. The molecule has 1 N–H and O–H groups in total. The Labute approximate surface area is 185 Å². The van der Waals surface area contributed by atoms with Gasteiger partial charge in [-0.05, 0) is 73.5 Å². The molecule has 7 heteroatoms. The van der Waals surface area contributed by atoms with Gasteiger partial charge in [0.25, 0.3) is 5.91 Å². The third kappa shape index (κ3) is 5.93. The number of aryl methyl sites for hydroxylation is 1. The summed E-state index contributed by atoms with van der Waals surface area (Å²) in [7, 11) is 0. The van der Waals surface area contributed by atoms with Gasteiger partial charge < -0.3 is 9.47 Å². The molecule has 0 radical (unpaired) electrons. The number of benzene rings is 3. The van der Waals surface area contributed by atoms with Crippen LogP contribution < -0.4 is 14.9 Å². The summed E-state index contributed by atoms with van der Waals surface area (Å²) in [5.74, 6) is -0.153. The molecule has 3 rings (SSSR count). The van der Waals surface area contributed by atoms with Crippen molar-refractivity contribution in [1.82, 2.24) is 5.43 Å². The van der Waals surface area contributed by atoms with Crippen molar-refractivity contribution in [3.8, 4) is 11.5 Å². The number of carbonyl (C=O) groups is 2. The molecule has 1 amide bonds. The molecule has 6 nitrogen and oxygen atoms in total. The minimum absolute atomic E-state index is 0.280. The van der Waals surface area contributed by atoms with Crippen LogP contribution in [0, 0.1) is 6.92 Å². The molecule has 3 aromatic carbocycles. The SMILES string of the molecule is CCOc1cc(/C=N\NC(=O)c2ccccc2C)ccc1OC(=O)c1ccc(Cl)cc1. The number of rotatable bonds is 7.